The molecule has 0 unspecified atom stereocenters. The summed E-state index contributed by atoms with van der Waals surface area (Å²) < 4.78 is 0. The Bertz CT molecular complexity index is 472. The third-order valence-corrected chi connectivity index (χ3v) is 4.67. The first-order valence-corrected chi connectivity index (χ1v) is 8.24. The van der Waals surface area contributed by atoms with Crippen molar-refractivity contribution in [2.75, 3.05) is 18.4 Å². The largest absolute Gasteiger partial charge is 0.325 e. The van der Waals surface area contributed by atoms with Gasteiger partial charge in [0.2, 0.25) is 5.91 Å². The summed E-state index contributed by atoms with van der Waals surface area (Å²) in [5.74, 6) is 0.579. The number of likely N-dealkylation sites (tertiary alicyclic amines) is 1. The second-order valence-electron chi connectivity index (χ2n) is 6.26. The lowest BCUT2D eigenvalue weighted by Crippen LogP contribution is -2.42. The van der Waals surface area contributed by atoms with Gasteiger partial charge in [0.05, 0.1) is 6.54 Å². The summed E-state index contributed by atoms with van der Waals surface area (Å²) in [6, 6.07) is 8.69. The third-order valence-electron chi connectivity index (χ3n) is 4.67. The van der Waals surface area contributed by atoms with Crippen LogP contribution in [0.2, 0.25) is 0 Å². The lowest BCUT2D eigenvalue weighted by molar-refractivity contribution is -0.118. The molecule has 1 saturated heterocycles. The van der Waals surface area contributed by atoms with Crippen molar-refractivity contribution in [3.63, 3.8) is 0 Å². The quantitative estimate of drug-likeness (QED) is 0.887. The SMILES string of the molecule is CC[C@H](C)c1ccccc1NC(=O)CN1CCCC[C@@H]1C. The highest BCUT2D eigenvalue weighted by Gasteiger charge is 2.21. The van der Waals surface area contributed by atoms with Crippen LogP contribution in [0.25, 0.3) is 0 Å². The van der Waals surface area contributed by atoms with E-state index >= 15 is 0 Å². The Morgan fingerprint density at radius 1 is 1.38 bits per heavy atom. The smallest absolute Gasteiger partial charge is 0.238 e. The second kappa shape index (κ2) is 7.60. The zero-order valence-corrected chi connectivity index (χ0v) is 13.6. The van der Waals surface area contributed by atoms with Crippen LogP contribution in [0.4, 0.5) is 5.69 Å². The molecule has 1 aliphatic rings. The summed E-state index contributed by atoms with van der Waals surface area (Å²) in [7, 11) is 0. The molecule has 2 rings (SSSR count). The van der Waals surface area contributed by atoms with Crippen LogP contribution < -0.4 is 5.32 Å². The maximum Gasteiger partial charge on any atom is 0.238 e. The first-order valence-electron chi connectivity index (χ1n) is 8.24. The molecule has 1 aromatic rings. The van der Waals surface area contributed by atoms with Gasteiger partial charge >= 0.3 is 0 Å². The van der Waals surface area contributed by atoms with E-state index in [1.54, 1.807) is 0 Å². The lowest BCUT2D eigenvalue weighted by atomic mass is 9.97. The average molecular weight is 288 g/mol. The lowest BCUT2D eigenvalue weighted by Gasteiger charge is -2.32. The van der Waals surface area contributed by atoms with Gasteiger partial charge < -0.3 is 5.32 Å². The van der Waals surface area contributed by atoms with Crippen LogP contribution in [0.1, 0.15) is 57.9 Å². The number of hydrogen-bond donors (Lipinski definition) is 1. The minimum Gasteiger partial charge on any atom is -0.325 e. The highest BCUT2D eigenvalue weighted by atomic mass is 16.2. The van der Waals surface area contributed by atoms with Crippen LogP contribution in [0.5, 0.6) is 0 Å². The highest BCUT2D eigenvalue weighted by molar-refractivity contribution is 5.93. The molecular formula is C18H28N2O. The first kappa shape index (κ1) is 16.0. The standard InChI is InChI=1S/C18H28N2O/c1-4-14(2)16-10-5-6-11-17(16)19-18(21)13-20-12-8-7-9-15(20)3/h5-6,10-11,14-15H,4,7-9,12-13H2,1-3H3,(H,19,21)/t14-,15-/m0/s1. The van der Waals surface area contributed by atoms with E-state index in [0.29, 0.717) is 18.5 Å². The van der Waals surface area contributed by atoms with E-state index in [0.717, 1.165) is 18.7 Å². The van der Waals surface area contributed by atoms with E-state index < -0.39 is 0 Å². The molecule has 0 radical (unpaired) electrons. The van der Waals surface area contributed by atoms with E-state index in [2.05, 4.69) is 37.1 Å². The molecule has 1 aromatic carbocycles. The Morgan fingerprint density at radius 2 is 2.14 bits per heavy atom. The summed E-state index contributed by atoms with van der Waals surface area (Å²) >= 11 is 0. The van der Waals surface area contributed by atoms with Crippen molar-refractivity contribution in [2.45, 2.75) is 58.4 Å². The fourth-order valence-corrected chi connectivity index (χ4v) is 3.03. The number of carbonyl (C=O) groups is 1. The molecule has 1 aliphatic heterocycles. The number of nitrogens with one attached hydrogen (secondary N) is 1. The van der Waals surface area contributed by atoms with Gasteiger partial charge in [-0.1, -0.05) is 38.5 Å². The first-order chi connectivity index (χ1) is 10.1. The minimum absolute atomic E-state index is 0.111. The molecule has 0 bridgehead atoms. The Balaban J connectivity index is 1.99. The number of nitrogens with zero attached hydrogens (tertiary/aromatic N) is 1. The number of rotatable bonds is 5. The summed E-state index contributed by atoms with van der Waals surface area (Å²) in [6.07, 6.45) is 4.78. The Hall–Kier alpha value is -1.35. The Labute approximate surface area is 128 Å². The van der Waals surface area contributed by atoms with Gasteiger partial charge in [-0.3, -0.25) is 9.69 Å². The third kappa shape index (κ3) is 4.31. The van der Waals surface area contributed by atoms with Crippen molar-refractivity contribution in [1.82, 2.24) is 4.90 Å². The van der Waals surface area contributed by atoms with Gasteiger partial charge in [0, 0.05) is 11.7 Å². The summed E-state index contributed by atoms with van der Waals surface area (Å²) in [4.78, 5) is 14.6. The zero-order chi connectivity index (χ0) is 15.2. The number of benzene rings is 1. The maximum absolute atomic E-state index is 12.3. The van der Waals surface area contributed by atoms with Gasteiger partial charge in [-0.15, -0.1) is 0 Å². The molecule has 1 heterocycles. The average Bonchev–Trinajstić information content (AvgIpc) is 2.49. The van der Waals surface area contributed by atoms with Crippen molar-refractivity contribution in [1.29, 1.82) is 0 Å². The second-order valence-corrected chi connectivity index (χ2v) is 6.26. The van der Waals surface area contributed by atoms with E-state index in [-0.39, 0.29) is 5.91 Å². The number of anilines is 1. The van der Waals surface area contributed by atoms with Crippen LogP contribution >= 0.6 is 0 Å². The molecular weight excluding hydrogens is 260 g/mol. The van der Waals surface area contributed by atoms with Crippen LogP contribution in [0.3, 0.4) is 0 Å². The highest BCUT2D eigenvalue weighted by Crippen LogP contribution is 2.26. The normalized spacial score (nSPS) is 21.0. The fraction of sp³-hybridized carbons (Fsp3) is 0.611. The van der Waals surface area contributed by atoms with Crippen LogP contribution in [0.15, 0.2) is 24.3 Å². The molecule has 21 heavy (non-hydrogen) atoms. The van der Waals surface area contributed by atoms with E-state index in [1.165, 1.54) is 24.8 Å². The number of para-hydroxylation sites is 1. The van der Waals surface area contributed by atoms with Gasteiger partial charge in [0.1, 0.15) is 0 Å². The molecule has 3 heteroatoms. The number of hydrogen-bond acceptors (Lipinski definition) is 2. The van der Waals surface area contributed by atoms with Crippen LogP contribution in [-0.4, -0.2) is 29.9 Å². The van der Waals surface area contributed by atoms with Crippen molar-refractivity contribution in [3.8, 4) is 0 Å². The van der Waals surface area contributed by atoms with Gasteiger partial charge in [-0.2, -0.15) is 0 Å². The van der Waals surface area contributed by atoms with E-state index in [9.17, 15) is 4.79 Å². The molecule has 1 fully saturated rings. The van der Waals surface area contributed by atoms with Gasteiger partial charge in [0.25, 0.3) is 0 Å². The summed E-state index contributed by atoms with van der Waals surface area (Å²) in [6.45, 7) is 8.16. The zero-order valence-electron chi connectivity index (χ0n) is 13.6. The van der Waals surface area contributed by atoms with Crippen LogP contribution in [-0.2, 0) is 4.79 Å². The van der Waals surface area contributed by atoms with Crippen molar-refractivity contribution >= 4 is 11.6 Å². The van der Waals surface area contributed by atoms with Gasteiger partial charge in [-0.05, 0) is 50.3 Å². The summed E-state index contributed by atoms with van der Waals surface area (Å²) in [5, 5.41) is 3.11. The molecule has 0 aliphatic carbocycles. The number of amides is 1. The van der Waals surface area contributed by atoms with Crippen molar-refractivity contribution in [3.05, 3.63) is 29.8 Å². The summed E-state index contributed by atoms with van der Waals surface area (Å²) in [5.41, 5.74) is 2.21. The Kier molecular flexibility index (Phi) is 5.80. The number of carbonyl (C=O) groups excluding carboxylic acids is 1. The van der Waals surface area contributed by atoms with Crippen molar-refractivity contribution < 1.29 is 4.79 Å². The molecule has 0 saturated carbocycles. The molecule has 1 amide bonds. The molecule has 0 spiro atoms. The van der Waals surface area contributed by atoms with E-state index in [1.807, 2.05) is 18.2 Å². The molecule has 0 aromatic heterocycles. The monoisotopic (exact) mass is 288 g/mol. The fourth-order valence-electron chi connectivity index (χ4n) is 3.03. The Morgan fingerprint density at radius 3 is 2.86 bits per heavy atom. The van der Waals surface area contributed by atoms with Crippen molar-refractivity contribution in [2.24, 2.45) is 0 Å². The maximum atomic E-state index is 12.3. The number of piperidine rings is 1. The predicted molar refractivity (Wildman–Crippen MR) is 88.7 cm³/mol. The molecule has 116 valence electrons. The van der Waals surface area contributed by atoms with Crippen LogP contribution in [0, 0.1) is 0 Å². The van der Waals surface area contributed by atoms with Gasteiger partial charge in [-0.25, -0.2) is 0 Å². The van der Waals surface area contributed by atoms with Gasteiger partial charge in [0.15, 0.2) is 0 Å². The minimum atomic E-state index is 0.111. The molecule has 2 atom stereocenters. The van der Waals surface area contributed by atoms with E-state index in [4.69, 9.17) is 0 Å². The predicted octanol–water partition coefficient (Wildman–Crippen LogP) is 4.01. The molecule has 3 nitrogen and oxygen atoms in total. The topological polar surface area (TPSA) is 32.3 Å². The molecule has 1 N–H and O–H groups in total.